The van der Waals surface area contributed by atoms with Crippen molar-refractivity contribution in [2.75, 3.05) is 12.0 Å². The summed E-state index contributed by atoms with van der Waals surface area (Å²) in [6.45, 7) is 2.22. The molecule has 1 rings (SSSR count). The summed E-state index contributed by atoms with van der Waals surface area (Å²) in [5.74, 6) is 1.72. The maximum Gasteiger partial charge on any atom is 0.0832 e. The monoisotopic (exact) mass is 241 g/mol. The molecule has 0 radical (unpaired) electrons. The molecular weight excluding hydrogens is 218 g/mol. The molecule has 16 heavy (non-hydrogen) atoms. The highest BCUT2D eigenvalue weighted by Gasteiger charge is 2.40. The lowest BCUT2D eigenvalue weighted by Crippen LogP contribution is -2.38. The van der Waals surface area contributed by atoms with Gasteiger partial charge >= 0.3 is 0 Å². The number of hydrogen-bond donors (Lipinski definition) is 1. The van der Waals surface area contributed by atoms with Crippen LogP contribution in [0.2, 0.25) is 0 Å². The van der Waals surface area contributed by atoms with E-state index >= 15 is 0 Å². The van der Waals surface area contributed by atoms with Gasteiger partial charge in [0.1, 0.15) is 0 Å². The Kier molecular flexibility index (Phi) is 5.64. The van der Waals surface area contributed by atoms with Crippen LogP contribution in [0.1, 0.15) is 45.4 Å². The quantitative estimate of drug-likeness (QED) is 0.804. The second kappa shape index (κ2) is 6.51. The molecule has 0 heterocycles. The van der Waals surface area contributed by atoms with E-state index in [-0.39, 0.29) is 0 Å². The van der Waals surface area contributed by atoms with Gasteiger partial charge in [0.15, 0.2) is 0 Å². The van der Waals surface area contributed by atoms with Crippen molar-refractivity contribution in [3.63, 3.8) is 0 Å². The van der Waals surface area contributed by atoms with Crippen LogP contribution in [0, 0.1) is 22.7 Å². The number of hydrogen-bond acceptors (Lipinski definition) is 3. The van der Waals surface area contributed by atoms with Crippen LogP contribution in [-0.4, -0.2) is 23.2 Å². The summed E-state index contributed by atoms with van der Waals surface area (Å²) in [5, 5.41) is 19.5. The molecule has 0 spiro atoms. The van der Waals surface area contributed by atoms with Crippen LogP contribution >= 0.6 is 11.8 Å². The highest BCUT2D eigenvalue weighted by atomic mass is 32.2. The lowest BCUT2D eigenvalue weighted by molar-refractivity contribution is 0.0240. The number of aliphatic hydroxyl groups excluding tert-OH is 1. The van der Waals surface area contributed by atoms with Gasteiger partial charge in [-0.15, -0.1) is 0 Å². The Morgan fingerprint density at radius 2 is 2.12 bits per heavy atom. The third-order valence-electron chi connectivity index (χ3n) is 4.03. The van der Waals surface area contributed by atoms with Gasteiger partial charge in [-0.2, -0.15) is 17.0 Å². The fourth-order valence-electron chi connectivity index (χ4n) is 2.63. The first kappa shape index (κ1) is 13.9. The van der Waals surface area contributed by atoms with Crippen LogP contribution < -0.4 is 0 Å². The Morgan fingerprint density at radius 1 is 1.50 bits per heavy atom. The zero-order valence-electron chi connectivity index (χ0n) is 10.4. The van der Waals surface area contributed by atoms with Crippen LogP contribution in [-0.2, 0) is 0 Å². The molecule has 0 bridgehead atoms. The maximum absolute atomic E-state index is 10.2. The minimum Gasteiger partial charge on any atom is -0.391 e. The fourth-order valence-corrected chi connectivity index (χ4v) is 3.09. The Hall–Kier alpha value is -0.200. The van der Waals surface area contributed by atoms with E-state index in [1.54, 1.807) is 11.8 Å². The van der Waals surface area contributed by atoms with E-state index in [1.807, 2.05) is 6.26 Å². The van der Waals surface area contributed by atoms with Crippen molar-refractivity contribution in [2.45, 2.75) is 51.6 Å². The van der Waals surface area contributed by atoms with E-state index in [0.717, 1.165) is 43.8 Å². The van der Waals surface area contributed by atoms with Gasteiger partial charge in [-0.1, -0.05) is 13.3 Å². The molecule has 1 fully saturated rings. The van der Waals surface area contributed by atoms with Crippen molar-refractivity contribution in [1.29, 1.82) is 5.26 Å². The largest absolute Gasteiger partial charge is 0.391 e. The Labute approximate surface area is 103 Å². The highest BCUT2D eigenvalue weighted by Crippen LogP contribution is 2.43. The minimum absolute atomic E-state index is 0.428. The summed E-state index contributed by atoms with van der Waals surface area (Å²) >= 11 is 1.74. The summed E-state index contributed by atoms with van der Waals surface area (Å²) in [5.41, 5.74) is -0.443. The van der Waals surface area contributed by atoms with Gasteiger partial charge in [-0.25, -0.2) is 0 Å². The Balaban J connectivity index is 2.55. The summed E-state index contributed by atoms with van der Waals surface area (Å²) < 4.78 is 0. The summed E-state index contributed by atoms with van der Waals surface area (Å²) in [7, 11) is 0. The van der Waals surface area contributed by atoms with Crippen LogP contribution in [0.4, 0.5) is 0 Å². The van der Waals surface area contributed by atoms with Crippen molar-refractivity contribution < 1.29 is 5.11 Å². The number of nitriles is 1. The van der Waals surface area contributed by atoms with Gasteiger partial charge in [-0.05, 0) is 50.0 Å². The van der Waals surface area contributed by atoms with Crippen LogP contribution in [0.25, 0.3) is 0 Å². The molecule has 3 heteroatoms. The van der Waals surface area contributed by atoms with Gasteiger partial charge in [0.2, 0.25) is 0 Å². The maximum atomic E-state index is 10.2. The summed E-state index contributed by atoms with van der Waals surface area (Å²) in [6, 6.07) is 2.41. The molecule has 0 amide bonds. The molecular formula is C13H23NOS. The third-order valence-corrected chi connectivity index (χ3v) is 4.67. The van der Waals surface area contributed by atoms with Crippen LogP contribution in [0.3, 0.4) is 0 Å². The van der Waals surface area contributed by atoms with Gasteiger partial charge in [0.25, 0.3) is 0 Å². The highest BCUT2D eigenvalue weighted by molar-refractivity contribution is 7.98. The minimum atomic E-state index is -0.443. The Bertz CT molecular complexity index is 241. The fraction of sp³-hybridized carbons (Fsp3) is 0.923. The zero-order valence-corrected chi connectivity index (χ0v) is 11.2. The molecule has 1 aliphatic rings. The van der Waals surface area contributed by atoms with E-state index in [0.29, 0.717) is 0 Å². The van der Waals surface area contributed by atoms with E-state index in [1.165, 1.54) is 6.42 Å². The number of rotatable bonds is 5. The molecule has 0 aromatic carbocycles. The van der Waals surface area contributed by atoms with Crippen LogP contribution in [0.15, 0.2) is 0 Å². The van der Waals surface area contributed by atoms with Gasteiger partial charge in [-0.3, -0.25) is 0 Å². The summed E-state index contributed by atoms with van der Waals surface area (Å²) in [6.07, 6.45) is 7.58. The number of aliphatic hydroxyl groups is 1. The standard InChI is InChI=1S/C13H23NOS/c1-3-11-4-7-13(10-14,8-5-11)12(15)6-9-16-2/h11-12,15H,3-9H2,1-2H3. The molecule has 0 aliphatic heterocycles. The van der Waals surface area contributed by atoms with Gasteiger partial charge < -0.3 is 5.11 Å². The lowest BCUT2D eigenvalue weighted by atomic mass is 9.67. The molecule has 1 saturated carbocycles. The third kappa shape index (κ3) is 3.15. The molecule has 0 aromatic rings. The topological polar surface area (TPSA) is 44.0 Å². The predicted molar refractivity (Wildman–Crippen MR) is 69.3 cm³/mol. The smallest absolute Gasteiger partial charge is 0.0832 e. The molecule has 1 N–H and O–H groups in total. The Morgan fingerprint density at radius 3 is 2.56 bits per heavy atom. The average Bonchev–Trinajstić information content (AvgIpc) is 2.35. The molecule has 2 nitrogen and oxygen atoms in total. The lowest BCUT2D eigenvalue weighted by Gasteiger charge is -2.38. The molecule has 1 unspecified atom stereocenters. The van der Waals surface area contributed by atoms with E-state index in [4.69, 9.17) is 0 Å². The molecule has 0 aromatic heterocycles. The second-order valence-electron chi connectivity index (χ2n) is 4.92. The molecule has 1 aliphatic carbocycles. The first-order valence-electron chi connectivity index (χ1n) is 6.26. The van der Waals surface area contributed by atoms with Crippen molar-refractivity contribution >= 4 is 11.8 Å². The normalized spacial score (nSPS) is 32.0. The second-order valence-corrected chi connectivity index (χ2v) is 5.90. The van der Waals surface area contributed by atoms with E-state index in [2.05, 4.69) is 13.0 Å². The van der Waals surface area contributed by atoms with Crippen molar-refractivity contribution in [2.24, 2.45) is 11.3 Å². The predicted octanol–water partition coefficient (Wildman–Crippen LogP) is 3.21. The van der Waals surface area contributed by atoms with Crippen molar-refractivity contribution in [3.8, 4) is 6.07 Å². The SMILES string of the molecule is CCC1CCC(C#N)(C(O)CCSC)CC1. The summed E-state index contributed by atoms with van der Waals surface area (Å²) in [4.78, 5) is 0. The first-order chi connectivity index (χ1) is 7.68. The molecule has 0 saturated heterocycles. The molecule has 92 valence electrons. The van der Waals surface area contributed by atoms with Crippen LogP contribution in [0.5, 0.6) is 0 Å². The molecule has 1 atom stereocenters. The van der Waals surface area contributed by atoms with E-state index in [9.17, 15) is 10.4 Å². The number of nitrogens with zero attached hydrogens (tertiary/aromatic N) is 1. The van der Waals surface area contributed by atoms with Gasteiger partial charge in [0.05, 0.1) is 17.6 Å². The van der Waals surface area contributed by atoms with Crippen molar-refractivity contribution in [1.82, 2.24) is 0 Å². The van der Waals surface area contributed by atoms with E-state index < -0.39 is 11.5 Å². The number of thioether (sulfide) groups is 1. The first-order valence-corrected chi connectivity index (χ1v) is 7.66. The average molecular weight is 241 g/mol. The van der Waals surface area contributed by atoms with Gasteiger partial charge in [0, 0.05) is 0 Å². The zero-order chi connectivity index (χ0) is 12.0. The van der Waals surface area contributed by atoms with Crippen molar-refractivity contribution in [3.05, 3.63) is 0 Å².